The van der Waals surface area contributed by atoms with Gasteiger partial charge in [0.15, 0.2) is 0 Å². The van der Waals surface area contributed by atoms with Gasteiger partial charge in [0.25, 0.3) is 0 Å². The van der Waals surface area contributed by atoms with E-state index < -0.39 is 74.0 Å². The minimum atomic E-state index is -2.31. The van der Waals surface area contributed by atoms with Crippen LogP contribution in [0.3, 0.4) is 0 Å². The van der Waals surface area contributed by atoms with Crippen LogP contribution in [-0.4, -0.2) is 137 Å². The number of nitrogens with one attached hydrogen (secondary N) is 2. The molecule has 10 atom stereocenters. The van der Waals surface area contributed by atoms with E-state index in [1.165, 1.54) is 12.8 Å². The summed E-state index contributed by atoms with van der Waals surface area (Å²) in [6.07, 6.45) is -11.9. The topological polar surface area (TPSA) is 330 Å². The summed E-state index contributed by atoms with van der Waals surface area (Å²) in [6.45, 7) is -1.73. The Morgan fingerprint density at radius 1 is 0.657 bits per heavy atom. The van der Waals surface area contributed by atoms with E-state index in [4.69, 9.17) is 62.5 Å². The van der Waals surface area contributed by atoms with Gasteiger partial charge in [-0.15, -0.1) is 0 Å². The number of carbonyl (C=O) groups excluding carboxylic acids is 2. The van der Waals surface area contributed by atoms with Crippen LogP contribution >= 0.6 is 0 Å². The second-order valence-corrected chi connectivity index (χ2v) is 7.49. The van der Waals surface area contributed by atoms with Gasteiger partial charge in [-0.05, 0) is 0 Å². The van der Waals surface area contributed by atoms with Crippen LogP contribution in [0.5, 0.6) is 0 Å². The maximum atomic E-state index is 9.98. The first-order valence-electron chi connectivity index (χ1n) is 10.1. The molecule has 0 amide bonds. The van der Waals surface area contributed by atoms with Crippen LogP contribution in [-0.2, 0) is 30.7 Å². The van der Waals surface area contributed by atoms with Crippen molar-refractivity contribution in [2.75, 3.05) is 13.2 Å². The number of carbonyl (C=O) groups is 2. The van der Waals surface area contributed by atoms with E-state index in [1.54, 1.807) is 0 Å². The van der Waals surface area contributed by atoms with Crippen LogP contribution in [0.1, 0.15) is 25.7 Å². The molecule has 210 valence electrons. The van der Waals surface area contributed by atoms with Crippen molar-refractivity contribution in [3.63, 3.8) is 0 Å². The van der Waals surface area contributed by atoms with Crippen LogP contribution in [0.2, 0.25) is 0 Å². The average Bonchev–Trinajstić information content (AvgIpc) is 2.82. The fourth-order valence-electron chi connectivity index (χ4n) is 2.45. The Kier molecular flexibility index (Phi) is 22.4. The maximum Gasteiger partial charge on any atom is 4.00 e. The van der Waals surface area contributed by atoms with Crippen molar-refractivity contribution in [2.45, 2.75) is 86.6 Å². The van der Waals surface area contributed by atoms with Crippen molar-refractivity contribution >= 4 is 11.9 Å². The number of rotatable bonds is 10. The van der Waals surface area contributed by atoms with Gasteiger partial charge in [-0.1, -0.05) is 25.7 Å². The quantitative estimate of drug-likeness (QED) is 0.101. The predicted molar refractivity (Wildman–Crippen MR) is 107 cm³/mol. The van der Waals surface area contributed by atoms with Gasteiger partial charge in [0.1, 0.15) is 48.8 Å². The molecule has 1 aliphatic carbocycles. The molecule has 17 heteroatoms. The average molecular weight is 698 g/mol. The van der Waals surface area contributed by atoms with Crippen molar-refractivity contribution < 1.29 is 91.9 Å². The number of aliphatic hydroxyl groups is 10. The minimum absolute atomic E-state index is 0. The van der Waals surface area contributed by atoms with Gasteiger partial charge in [0.05, 0.1) is 25.2 Å². The monoisotopic (exact) mass is 697 g/mol. The van der Waals surface area contributed by atoms with Crippen molar-refractivity contribution in [3.05, 3.63) is 11.5 Å². The molecule has 0 aromatic carbocycles. The zero-order valence-corrected chi connectivity index (χ0v) is 20.7. The predicted octanol–water partition coefficient (Wildman–Crippen LogP) is -7.26. The molecule has 0 aliphatic heterocycles. The SMILES string of the molecule is O=C([O-])C(O)C(O)C(O)C(O)CO.O=C([O-])C(O)C(O)C(O)C(O)CO.[NH-]C1CCCCC1[NH-].[Pt+4]. The van der Waals surface area contributed by atoms with Crippen LogP contribution in [0.25, 0.3) is 11.5 Å². The second kappa shape index (κ2) is 20.2. The van der Waals surface area contributed by atoms with Gasteiger partial charge < -0.3 is 82.3 Å². The number of aliphatic carboxylic acids is 2. The third-order valence-corrected chi connectivity index (χ3v) is 4.76. The summed E-state index contributed by atoms with van der Waals surface area (Å²) >= 11 is 0. The summed E-state index contributed by atoms with van der Waals surface area (Å²) in [7, 11) is 0. The standard InChI is InChI=1S/C6H12N2.2C6H12O7.Pt/c7-5-3-1-2-4-6(5)8;2*7-1-2(8)3(9)4(10)5(11)6(12)13;/h5-8H,1-4H2;2*2-5,7-11H,1H2,(H,12,13);/q-2;;;+4/p-2. The summed E-state index contributed by atoms with van der Waals surface area (Å²) in [5.41, 5.74) is 14.6. The molecule has 35 heavy (non-hydrogen) atoms. The molecular weight excluding hydrogens is 663 g/mol. The fraction of sp³-hybridized carbons (Fsp3) is 0.889. The van der Waals surface area contributed by atoms with Crippen molar-refractivity contribution in [2.24, 2.45) is 0 Å². The van der Waals surface area contributed by atoms with Crippen LogP contribution in [0, 0.1) is 0 Å². The van der Waals surface area contributed by atoms with Gasteiger partial charge >= 0.3 is 21.1 Å². The van der Waals surface area contributed by atoms with E-state index in [1.807, 2.05) is 0 Å². The van der Waals surface area contributed by atoms with E-state index in [-0.39, 0.29) is 33.1 Å². The molecule has 0 radical (unpaired) electrons. The van der Waals surface area contributed by atoms with Gasteiger partial charge in [-0.2, -0.15) is 12.1 Å². The molecule has 1 fully saturated rings. The Morgan fingerprint density at radius 2 is 0.914 bits per heavy atom. The van der Waals surface area contributed by atoms with E-state index in [0.29, 0.717) is 0 Å². The molecule has 0 saturated heterocycles. The van der Waals surface area contributed by atoms with E-state index >= 15 is 0 Å². The molecule has 10 unspecified atom stereocenters. The molecule has 16 nitrogen and oxygen atoms in total. The molecule has 0 bridgehead atoms. The van der Waals surface area contributed by atoms with Crippen LogP contribution in [0.4, 0.5) is 0 Å². The molecule has 12 N–H and O–H groups in total. The Balaban J connectivity index is -0.000000444. The summed E-state index contributed by atoms with van der Waals surface area (Å²) in [4.78, 5) is 20.0. The number of carboxylic acid groups (broad SMARTS) is 2. The summed E-state index contributed by atoms with van der Waals surface area (Å²) < 4.78 is 0. The first-order chi connectivity index (χ1) is 15.6. The molecule has 0 aromatic rings. The van der Waals surface area contributed by atoms with Gasteiger partial charge in [-0.25, -0.2) is 0 Å². The smallest absolute Gasteiger partial charge is 0.676 e. The number of hydrogen-bond donors (Lipinski definition) is 10. The van der Waals surface area contributed by atoms with E-state index in [2.05, 4.69) is 0 Å². The van der Waals surface area contributed by atoms with E-state index in [9.17, 15) is 19.8 Å². The molecular formula is C18H34N2O14Pt. The van der Waals surface area contributed by atoms with Crippen molar-refractivity contribution in [3.8, 4) is 0 Å². The van der Waals surface area contributed by atoms with Crippen molar-refractivity contribution in [1.82, 2.24) is 0 Å². The summed E-state index contributed by atoms with van der Waals surface area (Å²) in [5.74, 6) is -3.95. The Labute approximate surface area is 215 Å². The van der Waals surface area contributed by atoms with Gasteiger partial charge in [0.2, 0.25) is 0 Å². The maximum absolute atomic E-state index is 9.98. The van der Waals surface area contributed by atoms with Gasteiger partial charge in [0, 0.05) is 0 Å². The third-order valence-electron chi connectivity index (χ3n) is 4.76. The van der Waals surface area contributed by atoms with Crippen LogP contribution in [0.15, 0.2) is 0 Å². The third kappa shape index (κ3) is 15.1. The van der Waals surface area contributed by atoms with Crippen LogP contribution < -0.4 is 10.2 Å². The Morgan fingerprint density at radius 3 is 1.09 bits per heavy atom. The number of carboxylic acids is 2. The first-order valence-corrected chi connectivity index (χ1v) is 10.1. The van der Waals surface area contributed by atoms with Crippen molar-refractivity contribution in [1.29, 1.82) is 0 Å². The molecule has 1 aliphatic rings. The molecule has 1 rings (SSSR count). The summed E-state index contributed by atoms with van der Waals surface area (Å²) in [5, 5.41) is 107. The second-order valence-electron chi connectivity index (χ2n) is 7.49. The molecule has 0 aromatic heterocycles. The number of hydrogen-bond acceptors (Lipinski definition) is 14. The van der Waals surface area contributed by atoms with Gasteiger partial charge in [-0.3, -0.25) is 0 Å². The Hall–Kier alpha value is -0.852. The molecule has 0 spiro atoms. The first kappa shape index (κ1) is 38.7. The molecule has 0 heterocycles. The number of aliphatic hydroxyl groups excluding tert-OH is 10. The largest absolute Gasteiger partial charge is 4.00 e. The zero-order valence-electron chi connectivity index (χ0n) is 18.4. The van der Waals surface area contributed by atoms with E-state index in [0.717, 1.165) is 12.8 Å². The minimum Gasteiger partial charge on any atom is -0.676 e. The normalized spacial score (nSPS) is 24.2. The summed E-state index contributed by atoms with van der Waals surface area (Å²) in [6, 6.07) is -0.160. The molecule has 1 saturated carbocycles. The zero-order chi connectivity index (χ0) is 27.2. The Bertz CT molecular complexity index is 529. The fourth-order valence-corrected chi connectivity index (χ4v) is 2.45.